The molecule has 3 heterocycles. The number of aromatic nitrogens is 1. The summed E-state index contributed by atoms with van der Waals surface area (Å²) in [5.74, 6) is -0.194. The third-order valence-corrected chi connectivity index (χ3v) is 8.07. The van der Waals surface area contributed by atoms with Crippen molar-refractivity contribution >= 4 is 21.6 Å². The van der Waals surface area contributed by atoms with Gasteiger partial charge in [-0.1, -0.05) is 13.3 Å². The average molecular weight is 458 g/mol. The molecule has 0 saturated carbocycles. The number of benzene rings is 1. The minimum Gasteiger partial charge on any atom is -0.373 e. The second-order valence-electron chi connectivity index (χ2n) is 8.66. The van der Waals surface area contributed by atoms with Gasteiger partial charge in [-0.2, -0.15) is 4.31 Å². The Labute approximate surface area is 190 Å². The Morgan fingerprint density at radius 3 is 2.66 bits per heavy atom. The largest absolute Gasteiger partial charge is 0.373 e. The highest BCUT2D eigenvalue weighted by Gasteiger charge is 2.33. The molecule has 8 heteroatoms. The van der Waals surface area contributed by atoms with Crippen molar-refractivity contribution in [1.29, 1.82) is 0 Å². The minimum absolute atomic E-state index is 0.147. The van der Waals surface area contributed by atoms with Crippen LogP contribution in [0.5, 0.6) is 0 Å². The van der Waals surface area contributed by atoms with Crippen LogP contribution in [0.2, 0.25) is 0 Å². The molecule has 0 aliphatic carbocycles. The number of hydrogen-bond acceptors (Lipinski definition) is 5. The van der Waals surface area contributed by atoms with E-state index in [9.17, 15) is 13.2 Å². The number of aryl methyl sites for hydroxylation is 1. The SMILES string of the molecule is CCCCc1nc2c(c3c1C[C@H](C)OC3)CN(S(=O)(=O)c1ccc(NC(C)=O)cc1)CC2. The molecule has 1 aromatic heterocycles. The summed E-state index contributed by atoms with van der Waals surface area (Å²) in [6.45, 7) is 6.91. The first-order chi connectivity index (χ1) is 15.3. The van der Waals surface area contributed by atoms with E-state index in [0.717, 1.165) is 42.5 Å². The monoisotopic (exact) mass is 457 g/mol. The van der Waals surface area contributed by atoms with E-state index in [1.165, 1.54) is 22.5 Å². The van der Waals surface area contributed by atoms with Crippen LogP contribution >= 0.6 is 0 Å². The van der Waals surface area contributed by atoms with E-state index in [1.807, 2.05) is 0 Å². The van der Waals surface area contributed by atoms with E-state index in [4.69, 9.17) is 9.72 Å². The molecule has 2 aliphatic rings. The molecule has 2 aliphatic heterocycles. The number of carbonyl (C=O) groups is 1. The lowest BCUT2D eigenvalue weighted by Crippen LogP contribution is -2.38. The smallest absolute Gasteiger partial charge is 0.243 e. The summed E-state index contributed by atoms with van der Waals surface area (Å²) in [6.07, 6.45) is 4.75. The topological polar surface area (TPSA) is 88.6 Å². The van der Waals surface area contributed by atoms with Crippen molar-refractivity contribution in [3.8, 4) is 0 Å². The summed E-state index contributed by atoms with van der Waals surface area (Å²) in [5.41, 5.74) is 6.16. The molecule has 0 radical (unpaired) electrons. The van der Waals surface area contributed by atoms with Crippen molar-refractivity contribution in [2.24, 2.45) is 0 Å². The lowest BCUT2D eigenvalue weighted by atomic mass is 9.89. The number of rotatable bonds is 6. The van der Waals surface area contributed by atoms with Gasteiger partial charge in [0.2, 0.25) is 15.9 Å². The summed E-state index contributed by atoms with van der Waals surface area (Å²) in [7, 11) is -3.66. The van der Waals surface area contributed by atoms with Gasteiger partial charge in [0.25, 0.3) is 0 Å². The van der Waals surface area contributed by atoms with Crippen LogP contribution in [-0.4, -0.2) is 36.3 Å². The number of fused-ring (bicyclic) bond motifs is 3. The Kier molecular flexibility index (Phi) is 6.65. The third kappa shape index (κ3) is 4.58. The first-order valence-electron chi connectivity index (χ1n) is 11.3. The van der Waals surface area contributed by atoms with E-state index >= 15 is 0 Å². The van der Waals surface area contributed by atoms with Crippen LogP contribution in [0.1, 0.15) is 61.7 Å². The molecule has 4 rings (SSSR count). The van der Waals surface area contributed by atoms with Crippen molar-refractivity contribution in [3.05, 3.63) is 52.3 Å². The Balaban J connectivity index is 1.64. The molecule has 7 nitrogen and oxygen atoms in total. The van der Waals surface area contributed by atoms with Gasteiger partial charge in [-0.05, 0) is 60.7 Å². The summed E-state index contributed by atoms with van der Waals surface area (Å²) in [4.78, 5) is 16.5. The van der Waals surface area contributed by atoms with Gasteiger partial charge in [0.15, 0.2) is 0 Å². The standard InChI is InChI=1S/C24H31N3O4S/c1-4-5-6-23-20-13-16(2)31-15-22(20)21-14-27(12-11-24(21)26-23)32(29,30)19-9-7-18(8-10-19)25-17(3)28/h7-10,16H,4-6,11-15H2,1-3H3,(H,25,28)/t16-/m0/s1. The van der Waals surface area contributed by atoms with Crippen LogP contribution in [0.3, 0.4) is 0 Å². The average Bonchev–Trinajstić information content (AvgIpc) is 2.77. The Morgan fingerprint density at radius 2 is 1.97 bits per heavy atom. The first kappa shape index (κ1) is 22.9. The zero-order valence-electron chi connectivity index (χ0n) is 19.0. The van der Waals surface area contributed by atoms with Gasteiger partial charge in [-0.15, -0.1) is 0 Å². The van der Waals surface area contributed by atoms with Gasteiger partial charge in [0.1, 0.15) is 0 Å². The van der Waals surface area contributed by atoms with E-state index in [0.29, 0.717) is 31.8 Å². The van der Waals surface area contributed by atoms with Crippen LogP contribution < -0.4 is 5.32 Å². The van der Waals surface area contributed by atoms with Crippen LogP contribution in [-0.2, 0) is 52.0 Å². The summed E-state index contributed by atoms with van der Waals surface area (Å²) in [5, 5.41) is 2.66. The van der Waals surface area contributed by atoms with E-state index in [2.05, 4.69) is 19.2 Å². The molecule has 172 valence electrons. The zero-order chi connectivity index (χ0) is 22.9. The molecule has 1 amide bonds. The highest BCUT2D eigenvalue weighted by atomic mass is 32.2. The van der Waals surface area contributed by atoms with Crippen molar-refractivity contribution < 1.29 is 17.9 Å². The number of unbranched alkanes of at least 4 members (excludes halogenated alkanes) is 1. The van der Waals surface area contributed by atoms with Crippen molar-refractivity contribution in [2.45, 2.75) is 77.0 Å². The molecule has 0 fully saturated rings. The normalized spacial score (nSPS) is 18.7. The maximum atomic E-state index is 13.3. The predicted octanol–water partition coefficient (Wildman–Crippen LogP) is 3.59. The van der Waals surface area contributed by atoms with Gasteiger partial charge in [-0.25, -0.2) is 8.42 Å². The molecule has 0 spiro atoms. The number of amides is 1. The molecule has 0 bridgehead atoms. The number of sulfonamides is 1. The van der Waals surface area contributed by atoms with Crippen molar-refractivity contribution in [1.82, 2.24) is 9.29 Å². The van der Waals surface area contributed by atoms with Gasteiger partial charge >= 0.3 is 0 Å². The second-order valence-corrected chi connectivity index (χ2v) is 10.6. The molecular formula is C24H31N3O4S. The van der Waals surface area contributed by atoms with Crippen molar-refractivity contribution in [3.63, 3.8) is 0 Å². The molecular weight excluding hydrogens is 426 g/mol. The fourth-order valence-corrected chi connectivity index (χ4v) is 5.92. The molecule has 1 atom stereocenters. The Hall–Kier alpha value is -2.29. The van der Waals surface area contributed by atoms with Gasteiger partial charge in [0, 0.05) is 49.9 Å². The number of carbonyl (C=O) groups excluding carboxylic acids is 1. The van der Waals surface area contributed by atoms with E-state index in [-0.39, 0.29) is 16.9 Å². The number of hydrogen-bond donors (Lipinski definition) is 1. The van der Waals surface area contributed by atoms with E-state index < -0.39 is 10.0 Å². The maximum Gasteiger partial charge on any atom is 0.243 e. The van der Waals surface area contributed by atoms with Crippen LogP contribution in [0.25, 0.3) is 0 Å². The minimum atomic E-state index is -3.66. The maximum absolute atomic E-state index is 13.3. The fraction of sp³-hybridized carbons (Fsp3) is 0.500. The molecule has 0 saturated heterocycles. The quantitative estimate of drug-likeness (QED) is 0.716. The molecule has 1 N–H and O–H groups in total. The Morgan fingerprint density at radius 1 is 1.22 bits per heavy atom. The first-order valence-corrected chi connectivity index (χ1v) is 12.8. The van der Waals surface area contributed by atoms with E-state index in [1.54, 1.807) is 24.3 Å². The highest BCUT2D eigenvalue weighted by Crippen LogP contribution is 2.33. The summed E-state index contributed by atoms with van der Waals surface area (Å²) < 4.78 is 34.2. The lowest BCUT2D eigenvalue weighted by Gasteiger charge is -2.33. The number of nitrogens with zero attached hydrogens (tertiary/aromatic N) is 2. The third-order valence-electron chi connectivity index (χ3n) is 6.21. The van der Waals surface area contributed by atoms with Crippen LogP contribution in [0.15, 0.2) is 29.2 Å². The van der Waals surface area contributed by atoms with Gasteiger partial charge in [0.05, 0.1) is 17.6 Å². The molecule has 0 unspecified atom stereocenters. The number of ether oxygens (including phenoxy) is 1. The molecule has 2 aromatic rings. The van der Waals surface area contributed by atoms with Gasteiger partial charge < -0.3 is 10.1 Å². The molecule has 1 aromatic carbocycles. The van der Waals surface area contributed by atoms with Gasteiger partial charge in [-0.3, -0.25) is 9.78 Å². The van der Waals surface area contributed by atoms with Crippen molar-refractivity contribution in [2.75, 3.05) is 11.9 Å². The summed E-state index contributed by atoms with van der Waals surface area (Å²) in [6, 6.07) is 6.32. The van der Waals surface area contributed by atoms with Crippen LogP contribution in [0.4, 0.5) is 5.69 Å². The predicted molar refractivity (Wildman–Crippen MR) is 123 cm³/mol. The number of nitrogens with one attached hydrogen (secondary N) is 1. The lowest BCUT2D eigenvalue weighted by molar-refractivity contribution is -0.114. The highest BCUT2D eigenvalue weighted by molar-refractivity contribution is 7.89. The number of anilines is 1. The fourth-order valence-electron chi connectivity index (χ4n) is 4.51. The Bertz CT molecular complexity index is 1110. The molecule has 32 heavy (non-hydrogen) atoms. The summed E-state index contributed by atoms with van der Waals surface area (Å²) >= 11 is 0. The zero-order valence-corrected chi connectivity index (χ0v) is 19.8. The number of pyridine rings is 1. The second kappa shape index (κ2) is 9.29. The van der Waals surface area contributed by atoms with Crippen LogP contribution in [0, 0.1) is 0 Å².